The van der Waals surface area contributed by atoms with Gasteiger partial charge in [-0.1, -0.05) is 12.8 Å². The first kappa shape index (κ1) is 19.1. The molecule has 0 aromatic rings. The van der Waals surface area contributed by atoms with Crippen molar-refractivity contribution in [2.75, 3.05) is 26.2 Å². The normalized spacial score (nSPS) is 37.5. The largest absolute Gasteiger partial charge is 0.412 e. The van der Waals surface area contributed by atoms with Crippen molar-refractivity contribution in [1.82, 2.24) is 9.80 Å². The van der Waals surface area contributed by atoms with Crippen LogP contribution in [0.1, 0.15) is 44.9 Å². The monoisotopic (exact) mass is 350 g/mol. The highest BCUT2D eigenvalue weighted by atomic mass is 32.3. The number of fused-ring (bicyclic) bond motifs is 6. The number of nitrogens with zero attached hydrogens (tertiary/aromatic N) is 2. The number of hydrogen-bond acceptors (Lipinski definition) is 4. The molecule has 0 spiro atoms. The van der Waals surface area contributed by atoms with E-state index in [1.807, 2.05) is 0 Å². The van der Waals surface area contributed by atoms with Crippen LogP contribution in [0.2, 0.25) is 0 Å². The first-order valence-electron chi connectivity index (χ1n) is 8.60. The third-order valence-corrected chi connectivity index (χ3v) is 5.96. The summed E-state index contributed by atoms with van der Waals surface area (Å²) in [4.78, 5) is 5.74. The summed E-state index contributed by atoms with van der Waals surface area (Å²) < 4.78 is 31.6. The van der Waals surface area contributed by atoms with Crippen molar-refractivity contribution >= 4 is 10.4 Å². The molecule has 4 rings (SSSR count). The molecule has 4 atom stereocenters. The Kier molecular flexibility index (Phi) is 6.43. The van der Waals surface area contributed by atoms with E-state index in [-0.39, 0.29) is 5.48 Å². The molecule has 0 unspecified atom stereocenters. The Morgan fingerprint density at radius 1 is 0.783 bits per heavy atom. The van der Waals surface area contributed by atoms with Crippen LogP contribution in [0.15, 0.2) is 0 Å². The average molecular weight is 350 g/mol. The van der Waals surface area contributed by atoms with Gasteiger partial charge in [0.2, 0.25) is 0 Å². The zero-order chi connectivity index (χ0) is 15.7. The van der Waals surface area contributed by atoms with Gasteiger partial charge >= 0.3 is 10.4 Å². The van der Waals surface area contributed by atoms with E-state index in [4.69, 9.17) is 17.5 Å². The molecular formula is C15H30N2O5S. The Morgan fingerprint density at radius 2 is 1.17 bits per heavy atom. The Bertz CT molecular complexity index is 450. The van der Waals surface area contributed by atoms with E-state index >= 15 is 0 Å². The zero-order valence-corrected chi connectivity index (χ0v) is 14.4. The summed E-state index contributed by atoms with van der Waals surface area (Å²) in [6.07, 6.45) is 10.5. The van der Waals surface area contributed by atoms with E-state index in [1.54, 1.807) is 6.42 Å². The molecule has 0 radical (unpaired) electrons. The quantitative estimate of drug-likeness (QED) is 0.627. The summed E-state index contributed by atoms with van der Waals surface area (Å²) in [5.74, 6) is 2.03. The molecule has 7 nitrogen and oxygen atoms in total. The van der Waals surface area contributed by atoms with Crippen LogP contribution in [0.3, 0.4) is 0 Å². The van der Waals surface area contributed by atoms with Gasteiger partial charge < -0.3 is 5.48 Å². The molecule has 23 heavy (non-hydrogen) atoms. The number of hydrogen-bond donors (Lipinski definition) is 2. The predicted octanol–water partition coefficient (Wildman–Crippen LogP) is 0.868. The van der Waals surface area contributed by atoms with Crippen LogP contribution in [0, 0.1) is 11.8 Å². The molecule has 0 aromatic carbocycles. The third kappa shape index (κ3) is 4.87. The molecule has 0 amide bonds. The van der Waals surface area contributed by atoms with Crippen LogP contribution < -0.4 is 0 Å². The predicted molar refractivity (Wildman–Crippen MR) is 87.8 cm³/mol. The topological polar surface area (TPSA) is 113 Å². The second-order valence-corrected chi connectivity index (χ2v) is 8.22. The molecular weight excluding hydrogens is 320 g/mol. The Hall–Kier alpha value is -0.250. The van der Waals surface area contributed by atoms with E-state index < -0.39 is 10.4 Å². The van der Waals surface area contributed by atoms with Crippen LogP contribution in [0.4, 0.5) is 0 Å². The molecule has 4 heterocycles. The third-order valence-electron chi connectivity index (χ3n) is 5.96. The van der Waals surface area contributed by atoms with Gasteiger partial charge in [-0.2, -0.15) is 8.42 Å². The Morgan fingerprint density at radius 3 is 1.57 bits per heavy atom. The highest BCUT2D eigenvalue weighted by Gasteiger charge is 2.46. The Labute approximate surface area is 138 Å². The van der Waals surface area contributed by atoms with Gasteiger partial charge in [0.05, 0.1) is 0 Å². The summed E-state index contributed by atoms with van der Waals surface area (Å²) in [5, 5.41) is 0. The summed E-state index contributed by atoms with van der Waals surface area (Å²) in [6.45, 7) is 5.68. The summed E-state index contributed by atoms with van der Waals surface area (Å²) in [6, 6.07) is 1.92. The molecule has 0 saturated carbocycles. The minimum Gasteiger partial charge on any atom is -0.412 e. The van der Waals surface area contributed by atoms with Crippen LogP contribution in [0.25, 0.3) is 0 Å². The van der Waals surface area contributed by atoms with E-state index in [2.05, 4.69) is 9.80 Å². The van der Waals surface area contributed by atoms with Crippen molar-refractivity contribution in [3.05, 3.63) is 0 Å². The van der Waals surface area contributed by atoms with Gasteiger partial charge in [0, 0.05) is 25.2 Å². The Balaban J connectivity index is 0.000000284. The molecule has 4 aliphatic rings. The first-order valence-corrected chi connectivity index (χ1v) is 9.99. The second kappa shape index (κ2) is 7.76. The SMILES string of the molecule is C1CCN2C[C@H]3C[C@H](CN4CCCC[C@@H]34)[C@H]2C1.O.O=S(=O)(O)O. The zero-order valence-electron chi connectivity index (χ0n) is 13.6. The lowest BCUT2D eigenvalue weighted by Gasteiger charge is -2.57. The molecule has 0 aliphatic carbocycles. The first-order chi connectivity index (χ1) is 10.4. The van der Waals surface area contributed by atoms with Crippen molar-refractivity contribution in [3.63, 3.8) is 0 Å². The van der Waals surface area contributed by atoms with E-state index in [1.165, 1.54) is 64.7 Å². The summed E-state index contributed by atoms with van der Waals surface area (Å²) in [5.41, 5.74) is 0. The molecule has 0 aromatic heterocycles. The van der Waals surface area contributed by atoms with Gasteiger partial charge in [0.25, 0.3) is 0 Å². The van der Waals surface area contributed by atoms with Crippen molar-refractivity contribution in [1.29, 1.82) is 0 Å². The fraction of sp³-hybridized carbons (Fsp3) is 1.00. The summed E-state index contributed by atoms with van der Waals surface area (Å²) in [7, 11) is -4.67. The fourth-order valence-electron chi connectivity index (χ4n) is 5.25. The van der Waals surface area contributed by atoms with Crippen LogP contribution in [0.5, 0.6) is 0 Å². The standard InChI is InChI=1S/C15H26N2.H2O4S.H2O/c1-3-7-16-11-13-9-12(14(16)5-1)10-17-8-4-2-6-15(13)17;1-5(2,3)4;/h12-15H,1-11H2;(H2,1,2,3,4);1H2/t12-,13-,14-,15+;;/m1../s1. The van der Waals surface area contributed by atoms with Crippen molar-refractivity contribution < 1.29 is 23.0 Å². The lowest BCUT2D eigenvalue weighted by Crippen LogP contribution is -2.63. The van der Waals surface area contributed by atoms with Crippen LogP contribution >= 0.6 is 0 Å². The van der Waals surface area contributed by atoms with Crippen molar-refractivity contribution in [3.8, 4) is 0 Å². The maximum absolute atomic E-state index is 8.74. The maximum Gasteiger partial charge on any atom is 0.394 e. The number of rotatable bonds is 0. The van der Waals surface area contributed by atoms with Gasteiger partial charge in [-0.15, -0.1) is 0 Å². The highest BCUT2D eigenvalue weighted by molar-refractivity contribution is 7.79. The molecule has 8 heteroatoms. The van der Waals surface area contributed by atoms with Gasteiger partial charge in [-0.25, -0.2) is 0 Å². The van der Waals surface area contributed by atoms with Crippen molar-refractivity contribution in [2.24, 2.45) is 11.8 Å². The number of piperidine rings is 4. The minimum atomic E-state index is -4.67. The molecule has 4 fully saturated rings. The van der Waals surface area contributed by atoms with Gasteiger partial charge in [0.1, 0.15) is 0 Å². The van der Waals surface area contributed by atoms with E-state index in [0.29, 0.717) is 0 Å². The average Bonchev–Trinajstić information content (AvgIpc) is 2.46. The maximum atomic E-state index is 8.74. The fourth-order valence-corrected chi connectivity index (χ4v) is 5.25. The summed E-state index contributed by atoms with van der Waals surface area (Å²) >= 11 is 0. The second-order valence-electron chi connectivity index (χ2n) is 7.32. The van der Waals surface area contributed by atoms with Gasteiger partial charge in [-0.3, -0.25) is 18.9 Å². The minimum absolute atomic E-state index is 0. The smallest absolute Gasteiger partial charge is 0.394 e. The van der Waals surface area contributed by atoms with Gasteiger partial charge in [-0.05, 0) is 57.0 Å². The van der Waals surface area contributed by atoms with Crippen molar-refractivity contribution in [2.45, 2.75) is 57.0 Å². The van der Waals surface area contributed by atoms with Gasteiger partial charge in [0.15, 0.2) is 0 Å². The molecule has 4 saturated heterocycles. The van der Waals surface area contributed by atoms with E-state index in [9.17, 15) is 0 Å². The van der Waals surface area contributed by atoms with Crippen LogP contribution in [-0.2, 0) is 10.4 Å². The molecule has 2 bridgehead atoms. The molecule has 136 valence electrons. The van der Waals surface area contributed by atoms with E-state index in [0.717, 1.165) is 23.9 Å². The lowest BCUT2D eigenvalue weighted by atomic mass is 9.71. The van der Waals surface area contributed by atoms with Crippen LogP contribution in [-0.4, -0.2) is 71.1 Å². The highest BCUT2D eigenvalue weighted by Crippen LogP contribution is 2.42. The molecule has 4 N–H and O–H groups in total. The molecule has 4 aliphatic heterocycles. The lowest BCUT2D eigenvalue weighted by molar-refractivity contribution is -0.0718.